The fraction of sp³-hybridized carbons (Fsp3) is 0.625. The second-order valence-electron chi connectivity index (χ2n) is 5.77. The normalized spacial score (nSPS) is 21.2. The van der Waals surface area contributed by atoms with Crippen molar-refractivity contribution in [3.05, 3.63) is 27.7 Å². The van der Waals surface area contributed by atoms with Crippen LogP contribution >= 0.6 is 15.9 Å². The highest BCUT2D eigenvalue weighted by molar-refractivity contribution is 9.10. The lowest BCUT2D eigenvalue weighted by molar-refractivity contribution is 0.197. The molecule has 2 heterocycles. The Hall–Kier alpha value is -0.580. The van der Waals surface area contributed by atoms with Crippen molar-refractivity contribution in [2.75, 3.05) is 26.2 Å². The Morgan fingerprint density at radius 3 is 3.10 bits per heavy atom. The van der Waals surface area contributed by atoms with Crippen LogP contribution in [0.15, 0.2) is 16.6 Å². The van der Waals surface area contributed by atoms with Crippen molar-refractivity contribution in [2.24, 2.45) is 0 Å². The minimum Gasteiger partial charge on any atom is -0.493 e. The van der Waals surface area contributed by atoms with Crippen LogP contribution in [0.25, 0.3) is 0 Å². The molecule has 0 saturated carbocycles. The van der Waals surface area contributed by atoms with Crippen LogP contribution in [0, 0.1) is 0 Å². The molecule has 1 aromatic rings. The maximum atomic E-state index is 5.86. The van der Waals surface area contributed by atoms with E-state index in [9.17, 15) is 0 Å². The molecule has 4 heteroatoms. The van der Waals surface area contributed by atoms with E-state index in [1.54, 1.807) is 0 Å². The molecule has 1 unspecified atom stereocenters. The topological polar surface area (TPSA) is 24.5 Å². The van der Waals surface area contributed by atoms with Gasteiger partial charge in [0, 0.05) is 35.6 Å². The summed E-state index contributed by atoms with van der Waals surface area (Å²) in [6, 6.07) is 5.11. The molecule has 1 atom stereocenters. The number of halogens is 1. The van der Waals surface area contributed by atoms with Crippen molar-refractivity contribution in [3.8, 4) is 5.75 Å². The molecule has 3 rings (SSSR count). The minimum absolute atomic E-state index is 0.672. The average Bonchev–Trinajstić information content (AvgIpc) is 3.08. The molecule has 1 fully saturated rings. The largest absolute Gasteiger partial charge is 0.493 e. The van der Waals surface area contributed by atoms with Gasteiger partial charge in [-0.3, -0.25) is 4.90 Å². The van der Waals surface area contributed by atoms with Gasteiger partial charge in [-0.2, -0.15) is 0 Å². The van der Waals surface area contributed by atoms with Crippen LogP contribution in [-0.2, 0) is 13.0 Å². The number of nitrogens with zero attached hydrogens (tertiary/aromatic N) is 1. The first-order chi connectivity index (χ1) is 9.78. The molecule has 110 valence electrons. The highest BCUT2D eigenvalue weighted by Gasteiger charge is 2.24. The van der Waals surface area contributed by atoms with Crippen LogP contribution in [0.3, 0.4) is 0 Å². The third-order valence-electron chi connectivity index (χ3n) is 4.26. The average molecular weight is 339 g/mol. The molecule has 0 spiro atoms. The second kappa shape index (κ2) is 6.46. The monoisotopic (exact) mass is 338 g/mol. The zero-order chi connectivity index (χ0) is 13.9. The lowest BCUT2D eigenvalue weighted by atomic mass is 10.1. The number of nitrogens with one attached hydrogen (secondary N) is 1. The van der Waals surface area contributed by atoms with E-state index in [1.165, 1.54) is 28.4 Å². The molecule has 0 radical (unpaired) electrons. The number of hydrogen-bond donors (Lipinski definition) is 1. The van der Waals surface area contributed by atoms with Gasteiger partial charge in [0.15, 0.2) is 0 Å². The summed E-state index contributed by atoms with van der Waals surface area (Å²) < 4.78 is 7.04. The standard InChI is InChI=1S/C16H23BrN2O/c1-2-6-19(15-3-5-18-10-15)11-13-9-14(17)8-12-4-7-20-16(12)13/h8-9,15,18H,2-7,10-11H2,1H3. The Morgan fingerprint density at radius 1 is 1.45 bits per heavy atom. The predicted molar refractivity (Wildman–Crippen MR) is 85.3 cm³/mol. The van der Waals surface area contributed by atoms with Crippen molar-refractivity contribution >= 4 is 15.9 Å². The van der Waals surface area contributed by atoms with Crippen molar-refractivity contribution in [1.82, 2.24) is 10.2 Å². The summed E-state index contributed by atoms with van der Waals surface area (Å²) in [5.74, 6) is 1.14. The zero-order valence-corrected chi connectivity index (χ0v) is 13.7. The van der Waals surface area contributed by atoms with Gasteiger partial charge in [0.2, 0.25) is 0 Å². The first-order valence-corrected chi connectivity index (χ1v) is 8.46. The second-order valence-corrected chi connectivity index (χ2v) is 6.68. The van der Waals surface area contributed by atoms with Crippen molar-refractivity contribution in [2.45, 2.75) is 38.8 Å². The third kappa shape index (κ3) is 3.02. The van der Waals surface area contributed by atoms with Gasteiger partial charge in [0.1, 0.15) is 5.75 Å². The molecule has 0 aliphatic carbocycles. The molecular formula is C16H23BrN2O. The van der Waals surface area contributed by atoms with Gasteiger partial charge in [-0.1, -0.05) is 22.9 Å². The Labute approximate surface area is 129 Å². The Morgan fingerprint density at radius 2 is 2.35 bits per heavy atom. The molecule has 1 aromatic carbocycles. The quantitative estimate of drug-likeness (QED) is 0.893. The van der Waals surface area contributed by atoms with Gasteiger partial charge in [-0.05, 0) is 43.6 Å². The molecule has 0 bridgehead atoms. The van der Waals surface area contributed by atoms with Crippen LogP contribution < -0.4 is 10.1 Å². The van der Waals surface area contributed by atoms with Gasteiger partial charge in [-0.15, -0.1) is 0 Å². The lowest BCUT2D eigenvalue weighted by Crippen LogP contribution is -2.37. The Kier molecular flexibility index (Phi) is 4.64. The number of benzene rings is 1. The van der Waals surface area contributed by atoms with Crippen LogP contribution in [0.1, 0.15) is 30.9 Å². The van der Waals surface area contributed by atoms with E-state index in [-0.39, 0.29) is 0 Å². The number of rotatable bonds is 5. The summed E-state index contributed by atoms with van der Waals surface area (Å²) in [5, 5.41) is 3.48. The smallest absolute Gasteiger partial charge is 0.127 e. The van der Waals surface area contributed by atoms with E-state index in [4.69, 9.17) is 4.74 Å². The van der Waals surface area contributed by atoms with Gasteiger partial charge >= 0.3 is 0 Å². The molecule has 20 heavy (non-hydrogen) atoms. The first-order valence-electron chi connectivity index (χ1n) is 7.66. The molecular weight excluding hydrogens is 316 g/mol. The van der Waals surface area contributed by atoms with Gasteiger partial charge < -0.3 is 10.1 Å². The Balaban J connectivity index is 1.81. The predicted octanol–water partition coefficient (Wildman–Crippen LogP) is 2.96. The van der Waals surface area contributed by atoms with Gasteiger partial charge in [-0.25, -0.2) is 0 Å². The molecule has 1 N–H and O–H groups in total. The number of fused-ring (bicyclic) bond motifs is 1. The SMILES string of the molecule is CCCN(Cc1cc(Br)cc2c1OCC2)C1CCNC1. The molecule has 3 nitrogen and oxygen atoms in total. The molecule has 2 aliphatic heterocycles. The van der Waals surface area contributed by atoms with Gasteiger partial charge in [0.25, 0.3) is 0 Å². The minimum atomic E-state index is 0.672. The van der Waals surface area contributed by atoms with Gasteiger partial charge in [0.05, 0.1) is 6.61 Å². The fourth-order valence-electron chi connectivity index (χ4n) is 3.31. The highest BCUT2D eigenvalue weighted by atomic mass is 79.9. The molecule has 2 aliphatic rings. The Bertz CT molecular complexity index is 472. The molecule has 0 aromatic heterocycles. The summed E-state index contributed by atoms with van der Waals surface area (Å²) in [4.78, 5) is 2.61. The van der Waals surface area contributed by atoms with E-state index < -0.39 is 0 Å². The van der Waals surface area contributed by atoms with E-state index in [0.29, 0.717) is 6.04 Å². The third-order valence-corrected chi connectivity index (χ3v) is 4.72. The zero-order valence-electron chi connectivity index (χ0n) is 12.1. The summed E-state index contributed by atoms with van der Waals surface area (Å²) >= 11 is 3.64. The highest BCUT2D eigenvalue weighted by Crippen LogP contribution is 2.34. The van der Waals surface area contributed by atoms with Crippen molar-refractivity contribution < 1.29 is 4.74 Å². The molecule has 1 saturated heterocycles. The summed E-state index contributed by atoms with van der Waals surface area (Å²) in [6.07, 6.45) is 3.51. The summed E-state index contributed by atoms with van der Waals surface area (Å²) in [7, 11) is 0. The number of hydrogen-bond acceptors (Lipinski definition) is 3. The van der Waals surface area contributed by atoms with Crippen LogP contribution in [0.5, 0.6) is 5.75 Å². The van der Waals surface area contributed by atoms with Crippen molar-refractivity contribution in [1.29, 1.82) is 0 Å². The lowest BCUT2D eigenvalue weighted by Gasteiger charge is -2.28. The maximum absolute atomic E-state index is 5.86. The summed E-state index contributed by atoms with van der Waals surface area (Å²) in [6.45, 7) is 7.53. The molecule has 0 amide bonds. The maximum Gasteiger partial charge on any atom is 0.127 e. The van der Waals surface area contributed by atoms with E-state index in [1.807, 2.05) is 0 Å². The van der Waals surface area contributed by atoms with Crippen LogP contribution in [0.4, 0.5) is 0 Å². The van der Waals surface area contributed by atoms with Crippen LogP contribution in [0.2, 0.25) is 0 Å². The van der Waals surface area contributed by atoms with E-state index in [0.717, 1.165) is 45.0 Å². The van der Waals surface area contributed by atoms with Crippen LogP contribution in [-0.4, -0.2) is 37.2 Å². The summed E-state index contributed by atoms with van der Waals surface area (Å²) in [5.41, 5.74) is 2.70. The first kappa shape index (κ1) is 14.4. The van der Waals surface area contributed by atoms with E-state index >= 15 is 0 Å². The van der Waals surface area contributed by atoms with E-state index in [2.05, 4.69) is 45.2 Å². The fourth-order valence-corrected chi connectivity index (χ4v) is 3.86. The van der Waals surface area contributed by atoms with Crippen molar-refractivity contribution in [3.63, 3.8) is 0 Å². The number of ether oxygens (including phenoxy) is 1.